The Morgan fingerprint density at radius 3 is 3.62 bits per heavy atom. The van der Waals surface area contributed by atoms with Crippen LogP contribution < -0.4 is 0 Å². The van der Waals surface area contributed by atoms with Gasteiger partial charge >= 0.3 is 0 Å². The van der Waals surface area contributed by atoms with E-state index in [9.17, 15) is 0 Å². The maximum atomic E-state index is 3.92. The normalized spacial score (nSPS) is 10.5. The number of aromatic nitrogens is 2. The third-order valence-corrected chi connectivity index (χ3v) is 1.80. The van der Waals surface area contributed by atoms with E-state index in [-0.39, 0.29) is 0 Å². The number of nitrogens with one attached hydrogen (secondary N) is 1. The Bertz CT molecular complexity index is 232. The molecular weight excluding hydrogens is 120 g/mol. The zero-order valence-electron chi connectivity index (χ0n) is 4.01. The molecule has 2 nitrogen and oxygen atoms in total. The lowest BCUT2D eigenvalue weighted by Gasteiger charge is -1.63. The summed E-state index contributed by atoms with van der Waals surface area (Å²) in [6, 6.07) is 1.99. The lowest BCUT2D eigenvalue weighted by atomic mass is 10.6. The third kappa shape index (κ3) is 0.391. The van der Waals surface area contributed by atoms with Crippen molar-refractivity contribution in [3.05, 3.63) is 17.8 Å². The van der Waals surface area contributed by atoms with Crippen LogP contribution in [0.25, 0.3) is 10.3 Å². The first-order chi connectivity index (χ1) is 3.97. The van der Waals surface area contributed by atoms with Crippen LogP contribution in [0.15, 0.2) is 11.4 Å². The molecule has 0 amide bonds. The van der Waals surface area contributed by atoms with Crippen molar-refractivity contribution in [2.75, 3.05) is 0 Å². The second-order valence-electron chi connectivity index (χ2n) is 1.49. The zero-order chi connectivity index (χ0) is 5.40. The standard InChI is InChI=1S/C5H3N2S/c1-2-8-5-4(1)6-3-7-5/h1-2H,(H,6,7). The Labute approximate surface area is 50.2 Å². The van der Waals surface area contributed by atoms with Crippen molar-refractivity contribution in [3.8, 4) is 0 Å². The smallest absolute Gasteiger partial charge is 0.175 e. The van der Waals surface area contributed by atoms with Crippen molar-refractivity contribution in [3.63, 3.8) is 0 Å². The SMILES string of the molecule is [c]1nc2sccc2[nH]1. The van der Waals surface area contributed by atoms with Gasteiger partial charge in [0.1, 0.15) is 4.83 Å². The van der Waals surface area contributed by atoms with Crippen molar-refractivity contribution in [2.24, 2.45) is 0 Å². The predicted molar refractivity (Wildman–Crippen MR) is 32.8 cm³/mol. The molecule has 0 aliphatic heterocycles. The summed E-state index contributed by atoms with van der Waals surface area (Å²) in [5.74, 6) is 0. The van der Waals surface area contributed by atoms with Crippen molar-refractivity contribution in [1.29, 1.82) is 0 Å². The molecule has 0 atom stereocenters. The molecule has 0 saturated heterocycles. The van der Waals surface area contributed by atoms with Crippen LogP contribution in [0.2, 0.25) is 0 Å². The number of aromatic amines is 1. The first kappa shape index (κ1) is 4.09. The number of rotatable bonds is 0. The van der Waals surface area contributed by atoms with Gasteiger partial charge in [0.05, 0.1) is 5.52 Å². The van der Waals surface area contributed by atoms with Gasteiger partial charge in [-0.2, -0.15) is 0 Å². The number of hydrogen-bond donors (Lipinski definition) is 1. The fourth-order valence-electron chi connectivity index (χ4n) is 0.622. The van der Waals surface area contributed by atoms with E-state index in [0.29, 0.717) is 0 Å². The predicted octanol–water partition coefficient (Wildman–Crippen LogP) is 1.42. The van der Waals surface area contributed by atoms with Crippen LogP contribution in [0.4, 0.5) is 0 Å². The molecule has 0 unspecified atom stereocenters. The molecule has 1 N–H and O–H groups in total. The topological polar surface area (TPSA) is 28.7 Å². The molecule has 2 aromatic heterocycles. The Morgan fingerprint density at radius 2 is 2.75 bits per heavy atom. The quantitative estimate of drug-likeness (QED) is 0.564. The van der Waals surface area contributed by atoms with Gasteiger partial charge in [0, 0.05) is 0 Å². The minimum absolute atomic E-state index is 1.03. The highest BCUT2D eigenvalue weighted by molar-refractivity contribution is 7.16. The fourth-order valence-corrected chi connectivity index (χ4v) is 1.30. The van der Waals surface area contributed by atoms with Crippen molar-refractivity contribution >= 4 is 21.7 Å². The molecule has 2 heterocycles. The molecule has 0 saturated carbocycles. The van der Waals surface area contributed by atoms with Gasteiger partial charge in [0.15, 0.2) is 6.33 Å². The monoisotopic (exact) mass is 123 g/mol. The van der Waals surface area contributed by atoms with Crippen LogP contribution in [-0.4, -0.2) is 9.97 Å². The summed E-state index contributed by atoms with van der Waals surface area (Å²) in [6.07, 6.45) is 2.65. The number of fused-ring (bicyclic) bond motifs is 1. The Kier molecular flexibility index (Phi) is 0.676. The summed E-state index contributed by atoms with van der Waals surface area (Å²) < 4.78 is 0. The maximum Gasteiger partial charge on any atom is 0.175 e. The number of hydrogen-bond acceptors (Lipinski definition) is 2. The van der Waals surface area contributed by atoms with Gasteiger partial charge < -0.3 is 4.98 Å². The molecule has 8 heavy (non-hydrogen) atoms. The van der Waals surface area contributed by atoms with Crippen molar-refractivity contribution < 1.29 is 0 Å². The number of imidazole rings is 1. The van der Waals surface area contributed by atoms with E-state index in [2.05, 4.69) is 16.3 Å². The molecule has 2 rings (SSSR count). The molecule has 39 valence electrons. The summed E-state index contributed by atoms with van der Waals surface area (Å²) in [7, 11) is 0. The van der Waals surface area contributed by atoms with Gasteiger partial charge in [0.25, 0.3) is 0 Å². The number of nitrogens with zero attached hydrogens (tertiary/aromatic N) is 1. The Balaban J connectivity index is 3.06. The molecule has 2 aromatic rings. The minimum atomic E-state index is 1.03. The first-order valence-electron chi connectivity index (χ1n) is 2.26. The lowest BCUT2D eigenvalue weighted by Crippen LogP contribution is -1.51. The van der Waals surface area contributed by atoms with Gasteiger partial charge in [-0.25, -0.2) is 4.98 Å². The Morgan fingerprint density at radius 1 is 1.75 bits per heavy atom. The number of thiophene rings is 1. The van der Waals surface area contributed by atoms with Crippen LogP contribution in [0.1, 0.15) is 0 Å². The van der Waals surface area contributed by atoms with Crippen LogP contribution in [0.3, 0.4) is 0 Å². The van der Waals surface area contributed by atoms with Gasteiger partial charge in [-0.1, -0.05) is 0 Å². The van der Waals surface area contributed by atoms with Crippen LogP contribution in [-0.2, 0) is 0 Å². The van der Waals surface area contributed by atoms with Gasteiger partial charge in [0.2, 0.25) is 0 Å². The third-order valence-electron chi connectivity index (χ3n) is 0.993. The Hall–Kier alpha value is -0.830. The van der Waals surface area contributed by atoms with E-state index in [0.717, 1.165) is 10.3 Å². The summed E-state index contributed by atoms with van der Waals surface area (Å²) in [5.41, 5.74) is 1.08. The summed E-state index contributed by atoms with van der Waals surface area (Å²) >= 11 is 1.62. The highest BCUT2D eigenvalue weighted by Gasteiger charge is 1.92. The second-order valence-corrected chi connectivity index (χ2v) is 2.38. The molecule has 0 aliphatic rings. The molecule has 0 spiro atoms. The molecular formula is C5H3N2S. The molecule has 3 heteroatoms. The average Bonchev–Trinajstić information content (AvgIpc) is 2.15. The summed E-state index contributed by atoms with van der Waals surface area (Å²) in [5, 5.41) is 2.00. The van der Waals surface area contributed by atoms with E-state index >= 15 is 0 Å². The van der Waals surface area contributed by atoms with Crippen LogP contribution >= 0.6 is 11.3 Å². The van der Waals surface area contributed by atoms with Gasteiger partial charge in [-0.15, -0.1) is 11.3 Å². The molecule has 0 bridgehead atoms. The van der Waals surface area contributed by atoms with E-state index in [1.165, 1.54) is 0 Å². The lowest BCUT2D eigenvalue weighted by molar-refractivity contribution is 1.32. The maximum absolute atomic E-state index is 3.92. The fraction of sp³-hybridized carbons (Fsp3) is 0. The van der Waals surface area contributed by atoms with Crippen LogP contribution in [0, 0.1) is 6.33 Å². The summed E-state index contributed by atoms with van der Waals surface area (Å²) in [6.45, 7) is 0. The molecule has 0 fully saturated rings. The molecule has 0 aliphatic carbocycles. The molecule has 1 radical (unpaired) electrons. The highest BCUT2D eigenvalue weighted by Crippen LogP contribution is 2.13. The van der Waals surface area contributed by atoms with Gasteiger partial charge in [-0.3, -0.25) is 0 Å². The van der Waals surface area contributed by atoms with E-state index < -0.39 is 0 Å². The van der Waals surface area contributed by atoms with Crippen molar-refractivity contribution in [1.82, 2.24) is 9.97 Å². The first-order valence-corrected chi connectivity index (χ1v) is 3.14. The zero-order valence-corrected chi connectivity index (χ0v) is 4.83. The van der Waals surface area contributed by atoms with E-state index in [1.807, 2.05) is 11.4 Å². The average molecular weight is 123 g/mol. The highest BCUT2D eigenvalue weighted by atomic mass is 32.1. The van der Waals surface area contributed by atoms with E-state index in [4.69, 9.17) is 0 Å². The van der Waals surface area contributed by atoms with Crippen molar-refractivity contribution in [2.45, 2.75) is 0 Å². The second kappa shape index (κ2) is 1.32. The van der Waals surface area contributed by atoms with Crippen LogP contribution in [0.5, 0.6) is 0 Å². The largest absolute Gasteiger partial charge is 0.335 e. The molecule has 0 aromatic carbocycles. The van der Waals surface area contributed by atoms with Gasteiger partial charge in [-0.05, 0) is 11.4 Å². The van der Waals surface area contributed by atoms with E-state index in [1.54, 1.807) is 11.3 Å². The minimum Gasteiger partial charge on any atom is -0.335 e. The summed E-state index contributed by atoms with van der Waals surface area (Å²) in [4.78, 5) is 7.82. The number of H-pyrrole nitrogens is 1.